The van der Waals surface area contributed by atoms with Crippen LogP contribution in [0.15, 0.2) is 71.7 Å². The largest absolute Gasteiger partial charge is 0.451 e. The highest BCUT2D eigenvalue weighted by atomic mass is 19.4. The maximum Gasteiger partial charge on any atom is 0.416 e. The minimum absolute atomic E-state index is 0.00453. The molecule has 0 aliphatic carbocycles. The Bertz CT molecular complexity index is 1310. The Morgan fingerprint density at radius 3 is 2.53 bits per heavy atom. The van der Waals surface area contributed by atoms with Gasteiger partial charge in [-0.25, -0.2) is 0 Å². The predicted octanol–water partition coefficient (Wildman–Crippen LogP) is 4.66. The Labute approximate surface area is 204 Å². The molecule has 0 bridgehead atoms. The number of aromatic nitrogens is 3. The number of rotatable bonds is 6. The van der Waals surface area contributed by atoms with Gasteiger partial charge in [0.1, 0.15) is 5.76 Å². The molecule has 36 heavy (non-hydrogen) atoms. The van der Waals surface area contributed by atoms with E-state index >= 15 is 0 Å². The number of halogens is 3. The van der Waals surface area contributed by atoms with Crippen molar-refractivity contribution in [2.75, 3.05) is 36.4 Å². The van der Waals surface area contributed by atoms with Gasteiger partial charge in [-0.3, -0.25) is 19.8 Å². The number of anilines is 2. The molecule has 186 valence electrons. The summed E-state index contributed by atoms with van der Waals surface area (Å²) in [6, 6.07) is 10.0. The van der Waals surface area contributed by atoms with Gasteiger partial charge in [0.25, 0.3) is 5.91 Å². The van der Waals surface area contributed by atoms with Crippen molar-refractivity contribution in [1.29, 1.82) is 0 Å². The Morgan fingerprint density at radius 1 is 1.06 bits per heavy atom. The van der Waals surface area contributed by atoms with Gasteiger partial charge in [-0.15, -0.1) is 0 Å². The van der Waals surface area contributed by atoms with Crippen LogP contribution in [0.25, 0.3) is 11.3 Å². The van der Waals surface area contributed by atoms with E-state index in [0.29, 0.717) is 37.6 Å². The maximum absolute atomic E-state index is 13.5. The number of hydrogen-bond acceptors (Lipinski definition) is 6. The maximum atomic E-state index is 13.5. The molecule has 3 aromatic heterocycles. The number of piperazine rings is 1. The molecule has 0 saturated carbocycles. The number of carbonyl (C=O) groups excluding carboxylic acids is 1. The number of pyridine rings is 1. The summed E-state index contributed by atoms with van der Waals surface area (Å²) < 4.78 is 46.0. The van der Waals surface area contributed by atoms with Gasteiger partial charge in [0, 0.05) is 62.4 Å². The molecule has 1 aromatic carbocycles. The first-order chi connectivity index (χ1) is 17.4. The molecular weight excluding hydrogens is 473 g/mol. The number of nitrogens with one attached hydrogen (secondary N) is 2. The lowest BCUT2D eigenvalue weighted by molar-refractivity contribution is -0.137. The number of aromatic amines is 1. The standard InChI is InChI=1S/C25H23F3N6O2/c26-25(27,28)19-1-2-21(34-11-9-33(10-12-34)16-17-14-30-31-15-17)20(13-19)32-24(35)23-4-3-22(36-23)18-5-7-29-8-6-18/h1-8,13-15H,9-12,16H2,(H,30,31)(H,32,35). The van der Waals surface area contributed by atoms with Crippen LogP contribution in [0.1, 0.15) is 21.7 Å². The zero-order valence-corrected chi connectivity index (χ0v) is 19.1. The normalized spacial score (nSPS) is 14.7. The second-order valence-electron chi connectivity index (χ2n) is 8.45. The number of amides is 1. The second-order valence-corrected chi connectivity index (χ2v) is 8.45. The molecule has 0 spiro atoms. The molecule has 1 amide bonds. The van der Waals surface area contributed by atoms with Gasteiger partial charge in [0.15, 0.2) is 5.76 Å². The molecular formula is C25H23F3N6O2. The third-order valence-electron chi connectivity index (χ3n) is 6.04. The van der Waals surface area contributed by atoms with Gasteiger partial charge < -0.3 is 14.6 Å². The van der Waals surface area contributed by atoms with Crippen molar-refractivity contribution < 1.29 is 22.4 Å². The lowest BCUT2D eigenvalue weighted by atomic mass is 10.1. The molecule has 0 unspecified atom stereocenters. The second kappa shape index (κ2) is 9.86. The first-order valence-corrected chi connectivity index (χ1v) is 11.3. The summed E-state index contributed by atoms with van der Waals surface area (Å²) in [6.45, 7) is 3.36. The molecule has 5 rings (SSSR count). The van der Waals surface area contributed by atoms with Crippen LogP contribution in [0.5, 0.6) is 0 Å². The van der Waals surface area contributed by atoms with Gasteiger partial charge in [-0.1, -0.05) is 0 Å². The van der Waals surface area contributed by atoms with Crippen LogP contribution in [-0.4, -0.2) is 52.2 Å². The van der Waals surface area contributed by atoms with Crippen molar-refractivity contribution >= 4 is 17.3 Å². The first kappa shape index (κ1) is 23.6. The van der Waals surface area contributed by atoms with Crippen LogP contribution in [0.3, 0.4) is 0 Å². The first-order valence-electron chi connectivity index (χ1n) is 11.3. The summed E-state index contributed by atoms with van der Waals surface area (Å²) in [7, 11) is 0. The number of furan rings is 1. The minimum atomic E-state index is -4.54. The van der Waals surface area contributed by atoms with Crippen LogP contribution >= 0.6 is 0 Å². The van der Waals surface area contributed by atoms with Crippen molar-refractivity contribution in [3.05, 3.63) is 84.1 Å². The Kier molecular flexibility index (Phi) is 6.47. The number of H-pyrrole nitrogens is 1. The summed E-state index contributed by atoms with van der Waals surface area (Å²) in [5.74, 6) is -0.176. The van der Waals surface area contributed by atoms with E-state index in [1.165, 1.54) is 12.1 Å². The third kappa shape index (κ3) is 5.25. The molecule has 4 heterocycles. The van der Waals surface area contributed by atoms with Crippen molar-refractivity contribution in [1.82, 2.24) is 20.1 Å². The van der Waals surface area contributed by atoms with E-state index in [-0.39, 0.29) is 11.4 Å². The fraction of sp³-hybridized carbons (Fsp3) is 0.240. The highest BCUT2D eigenvalue weighted by Gasteiger charge is 2.32. The van der Waals surface area contributed by atoms with E-state index in [2.05, 4.69) is 25.4 Å². The van der Waals surface area contributed by atoms with E-state index in [1.807, 2.05) is 11.1 Å². The van der Waals surface area contributed by atoms with Crippen LogP contribution in [0.2, 0.25) is 0 Å². The Balaban J connectivity index is 1.34. The average molecular weight is 496 g/mol. The minimum Gasteiger partial charge on any atom is -0.451 e. The summed E-state index contributed by atoms with van der Waals surface area (Å²) in [6.07, 6.45) is 2.26. The van der Waals surface area contributed by atoms with Gasteiger partial charge in [0.05, 0.1) is 23.1 Å². The third-order valence-corrected chi connectivity index (χ3v) is 6.04. The van der Waals surface area contributed by atoms with Crippen LogP contribution in [0.4, 0.5) is 24.5 Å². The smallest absolute Gasteiger partial charge is 0.416 e. The van der Waals surface area contributed by atoms with Crippen molar-refractivity contribution in [2.45, 2.75) is 12.7 Å². The molecule has 1 aliphatic rings. The molecule has 4 aromatic rings. The Morgan fingerprint density at radius 2 is 1.83 bits per heavy atom. The van der Waals surface area contributed by atoms with E-state index in [9.17, 15) is 18.0 Å². The van der Waals surface area contributed by atoms with E-state index < -0.39 is 17.6 Å². The molecule has 1 saturated heterocycles. The quantitative estimate of drug-likeness (QED) is 0.404. The fourth-order valence-electron chi connectivity index (χ4n) is 4.17. The van der Waals surface area contributed by atoms with Crippen LogP contribution in [-0.2, 0) is 12.7 Å². The molecule has 2 N–H and O–H groups in total. The zero-order chi connectivity index (χ0) is 25.1. The average Bonchev–Trinajstić information content (AvgIpc) is 3.57. The monoisotopic (exact) mass is 496 g/mol. The highest BCUT2D eigenvalue weighted by molar-refractivity contribution is 6.04. The number of alkyl halides is 3. The van der Waals surface area contributed by atoms with E-state index in [0.717, 1.165) is 29.8 Å². The van der Waals surface area contributed by atoms with Crippen molar-refractivity contribution in [2.24, 2.45) is 0 Å². The SMILES string of the molecule is O=C(Nc1cc(C(F)(F)F)ccc1N1CCN(Cc2cn[nH]c2)CC1)c1ccc(-c2ccncc2)o1. The summed E-state index contributed by atoms with van der Waals surface area (Å²) in [4.78, 5) is 21.1. The van der Waals surface area contributed by atoms with Gasteiger partial charge in [-0.2, -0.15) is 18.3 Å². The zero-order valence-electron chi connectivity index (χ0n) is 19.1. The highest BCUT2D eigenvalue weighted by Crippen LogP contribution is 2.36. The van der Waals surface area contributed by atoms with E-state index in [4.69, 9.17) is 4.42 Å². The lowest BCUT2D eigenvalue weighted by Crippen LogP contribution is -2.46. The van der Waals surface area contributed by atoms with Crippen molar-refractivity contribution in [3.8, 4) is 11.3 Å². The Hall–Kier alpha value is -4.12. The number of carbonyl (C=O) groups is 1. The number of benzene rings is 1. The topological polar surface area (TPSA) is 90.3 Å². The molecule has 1 fully saturated rings. The molecule has 0 radical (unpaired) electrons. The summed E-state index contributed by atoms with van der Waals surface area (Å²) in [5, 5.41) is 9.38. The van der Waals surface area contributed by atoms with Crippen molar-refractivity contribution in [3.63, 3.8) is 0 Å². The van der Waals surface area contributed by atoms with Crippen LogP contribution < -0.4 is 10.2 Å². The van der Waals surface area contributed by atoms with Crippen LogP contribution in [0, 0.1) is 0 Å². The van der Waals surface area contributed by atoms with Gasteiger partial charge in [-0.05, 0) is 42.5 Å². The fourth-order valence-corrected chi connectivity index (χ4v) is 4.17. The van der Waals surface area contributed by atoms with Gasteiger partial charge >= 0.3 is 6.18 Å². The summed E-state index contributed by atoms with van der Waals surface area (Å²) in [5.41, 5.74) is 1.57. The molecule has 0 atom stereocenters. The summed E-state index contributed by atoms with van der Waals surface area (Å²) >= 11 is 0. The molecule has 1 aliphatic heterocycles. The van der Waals surface area contributed by atoms with E-state index in [1.54, 1.807) is 36.8 Å². The lowest BCUT2D eigenvalue weighted by Gasteiger charge is -2.37. The van der Waals surface area contributed by atoms with Gasteiger partial charge in [0.2, 0.25) is 0 Å². The number of hydrogen-bond donors (Lipinski definition) is 2. The predicted molar refractivity (Wildman–Crippen MR) is 127 cm³/mol. The number of nitrogens with zero attached hydrogens (tertiary/aromatic N) is 4. The molecule has 11 heteroatoms. The molecule has 8 nitrogen and oxygen atoms in total.